The molecule has 0 spiro atoms. The molecule has 0 aromatic carbocycles. The van der Waals surface area contributed by atoms with Gasteiger partial charge in [0.2, 0.25) is 0 Å². The molecule has 0 N–H and O–H groups in total. The molecule has 60 valence electrons. The van der Waals surface area contributed by atoms with Gasteiger partial charge in [-0.05, 0) is 6.07 Å². The van der Waals surface area contributed by atoms with Crippen LogP contribution in [0.15, 0.2) is 41.5 Å². The van der Waals surface area contributed by atoms with Crippen LogP contribution in [0, 0.1) is 5.21 Å². The highest BCUT2D eigenvalue weighted by Gasteiger charge is 2.03. The summed E-state index contributed by atoms with van der Waals surface area (Å²) in [5.74, 6) is 0.597. The first-order valence-electron chi connectivity index (χ1n) is 3.44. The summed E-state index contributed by atoms with van der Waals surface area (Å²) in [6, 6.07) is 3.44. The van der Waals surface area contributed by atoms with Crippen molar-refractivity contribution in [3.05, 3.63) is 42.3 Å². The minimum absolute atomic E-state index is 0.597. The molecule has 0 aliphatic rings. The third-order valence-electron chi connectivity index (χ3n) is 1.49. The summed E-state index contributed by atoms with van der Waals surface area (Å²) in [5, 5.41) is 10.8. The lowest BCUT2D eigenvalue weighted by Crippen LogP contribution is -2.23. The van der Waals surface area contributed by atoms with E-state index in [2.05, 4.69) is 4.98 Å². The Hall–Kier alpha value is -1.84. The largest absolute Gasteiger partial charge is 0.619 e. The molecule has 2 aromatic heterocycles. The summed E-state index contributed by atoms with van der Waals surface area (Å²) in [5.41, 5.74) is 0.727. The van der Waals surface area contributed by atoms with E-state index in [1.54, 1.807) is 18.3 Å². The number of aromatic nitrogens is 2. The van der Waals surface area contributed by atoms with E-state index in [0.717, 1.165) is 10.3 Å². The topological polar surface area (TPSA) is 53.0 Å². The second-order valence-corrected chi connectivity index (χ2v) is 2.32. The lowest BCUT2D eigenvalue weighted by atomic mass is 10.2. The molecule has 0 saturated carbocycles. The van der Waals surface area contributed by atoms with Crippen LogP contribution >= 0.6 is 0 Å². The van der Waals surface area contributed by atoms with E-state index in [1.807, 2.05) is 0 Å². The summed E-state index contributed by atoms with van der Waals surface area (Å²) in [6.07, 6.45) is 5.74. The predicted octanol–water partition coefficient (Wildman–Crippen LogP) is 0.975. The Morgan fingerprint density at radius 1 is 1.50 bits per heavy atom. The highest BCUT2D eigenvalue weighted by Crippen LogP contribution is 2.15. The average Bonchev–Trinajstić information content (AvgIpc) is 2.56. The zero-order valence-corrected chi connectivity index (χ0v) is 6.18. The summed E-state index contributed by atoms with van der Waals surface area (Å²) >= 11 is 0. The molecule has 0 unspecified atom stereocenters. The van der Waals surface area contributed by atoms with Crippen LogP contribution in [-0.4, -0.2) is 4.98 Å². The molecule has 4 nitrogen and oxygen atoms in total. The fourth-order valence-corrected chi connectivity index (χ4v) is 0.959. The first-order chi connectivity index (χ1) is 5.86. The molecule has 0 aliphatic carbocycles. The second-order valence-electron chi connectivity index (χ2n) is 2.32. The Morgan fingerprint density at radius 3 is 3.08 bits per heavy atom. The maximum atomic E-state index is 10.8. The Bertz CT molecular complexity index is 370. The van der Waals surface area contributed by atoms with Gasteiger partial charge in [0.15, 0.2) is 24.5 Å². The predicted molar refractivity (Wildman–Crippen MR) is 40.9 cm³/mol. The quantitative estimate of drug-likeness (QED) is 0.463. The number of rotatable bonds is 1. The van der Waals surface area contributed by atoms with Gasteiger partial charge in [-0.3, -0.25) is 0 Å². The van der Waals surface area contributed by atoms with Crippen LogP contribution in [0.2, 0.25) is 0 Å². The molecule has 0 saturated heterocycles. The summed E-state index contributed by atoms with van der Waals surface area (Å²) < 4.78 is 5.73. The van der Waals surface area contributed by atoms with Crippen LogP contribution in [0.5, 0.6) is 0 Å². The van der Waals surface area contributed by atoms with E-state index in [-0.39, 0.29) is 0 Å². The Kier molecular flexibility index (Phi) is 1.51. The fourth-order valence-electron chi connectivity index (χ4n) is 0.959. The van der Waals surface area contributed by atoms with Gasteiger partial charge in [0.25, 0.3) is 0 Å². The maximum Gasteiger partial charge on any atom is 0.191 e. The SMILES string of the molecule is [O-][n+]1cccc(-c2cnco2)c1. The summed E-state index contributed by atoms with van der Waals surface area (Å²) in [4.78, 5) is 3.75. The van der Waals surface area contributed by atoms with Crippen molar-refractivity contribution in [1.29, 1.82) is 0 Å². The Labute approximate surface area is 68.7 Å². The van der Waals surface area contributed by atoms with Gasteiger partial charge >= 0.3 is 0 Å². The van der Waals surface area contributed by atoms with Gasteiger partial charge in [-0.15, -0.1) is 0 Å². The molecule has 4 heteroatoms. The van der Waals surface area contributed by atoms with Gasteiger partial charge in [0.05, 0.1) is 11.8 Å². The van der Waals surface area contributed by atoms with Crippen molar-refractivity contribution in [3.63, 3.8) is 0 Å². The molecule has 0 aliphatic heterocycles. The Balaban J connectivity index is 2.48. The van der Waals surface area contributed by atoms with Gasteiger partial charge in [-0.1, -0.05) is 0 Å². The smallest absolute Gasteiger partial charge is 0.191 e. The average molecular weight is 162 g/mol. The monoisotopic (exact) mass is 162 g/mol. The van der Waals surface area contributed by atoms with E-state index >= 15 is 0 Å². The summed E-state index contributed by atoms with van der Waals surface area (Å²) in [6.45, 7) is 0. The molecule has 0 atom stereocenters. The molecule has 0 amide bonds. The highest BCUT2D eigenvalue weighted by atomic mass is 16.5. The van der Waals surface area contributed by atoms with Gasteiger partial charge in [0, 0.05) is 6.07 Å². The first kappa shape index (κ1) is 6.84. The Morgan fingerprint density at radius 2 is 2.42 bits per heavy atom. The van der Waals surface area contributed by atoms with Crippen molar-refractivity contribution in [2.75, 3.05) is 0 Å². The second kappa shape index (κ2) is 2.65. The zero-order chi connectivity index (χ0) is 8.39. The first-order valence-corrected chi connectivity index (χ1v) is 3.44. The van der Waals surface area contributed by atoms with Crippen LogP contribution in [-0.2, 0) is 0 Å². The van der Waals surface area contributed by atoms with E-state index in [4.69, 9.17) is 4.42 Å². The lowest BCUT2D eigenvalue weighted by molar-refractivity contribution is -0.604. The third-order valence-corrected chi connectivity index (χ3v) is 1.49. The molecule has 2 rings (SSSR count). The molecule has 2 aromatic rings. The third kappa shape index (κ3) is 1.14. The van der Waals surface area contributed by atoms with Gasteiger partial charge in [-0.2, -0.15) is 4.73 Å². The molecular weight excluding hydrogens is 156 g/mol. The van der Waals surface area contributed by atoms with Crippen molar-refractivity contribution in [3.8, 4) is 11.3 Å². The van der Waals surface area contributed by atoms with Crippen molar-refractivity contribution in [1.82, 2.24) is 4.98 Å². The number of oxazole rings is 1. The van der Waals surface area contributed by atoms with Crippen LogP contribution in [0.4, 0.5) is 0 Å². The number of hydrogen-bond acceptors (Lipinski definition) is 3. The van der Waals surface area contributed by atoms with Crippen molar-refractivity contribution < 1.29 is 9.15 Å². The highest BCUT2D eigenvalue weighted by molar-refractivity contribution is 5.52. The minimum atomic E-state index is 0.597. The van der Waals surface area contributed by atoms with E-state index < -0.39 is 0 Å². The minimum Gasteiger partial charge on any atom is -0.619 e. The fraction of sp³-hybridized carbons (Fsp3) is 0. The van der Waals surface area contributed by atoms with Crippen molar-refractivity contribution in [2.45, 2.75) is 0 Å². The van der Waals surface area contributed by atoms with E-state index in [9.17, 15) is 5.21 Å². The van der Waals surface area contributed by atoms with Gasteiger partial charge < -0.3 is 9.62 Å². The maximum absolute atomic E-state index is 10.8. The molecule has 0 bridgehead atoms. The lowest BCUT2D eigenvalue weighted by Gasteiger charge is -1.95. The number of nitrogens with zero attached hydrogens (tertiary/aromatic N) is 2. The van der Waals surface area contributed by atoms with Gasteiger partial charge in [-0.25, -0.2) is 4.98 Å². The van der Waals surface area contributed by atoms with E-state index in [1.165, 1.54) is 18.8 Å². The summed E-state index contributed by atoms with van der Waals surface area (Å²) in [7, 11) is 0. The molecule has 0 radical (unpaired) electrons. The van der Waals surface area contributed by atoms with Crippen molar-refractivity contribution in [2.24, 2.45) is 0 Å². The van der Waals surface area contributed by atoms with Gasteiger partial charge in [0.1, 0.15) is 0 Å². The number of pyridine rings is 1. The normalized spacial score (nSPS) is 10.0. The number of hydrogen-bond donors (Lipinski definition) is 0. The molecule has 2 heterocycles. The van der Waals surface area contributed by atoms with E-state index in [0.29, 0.717) is 5.76 Å². The molecular formula is C8H6N2O2. The van der Waals surface area contributed by atoms with Crippen molar-refractivity contribution >= 4 is 0 Å². The van der Waals surface area contributed by atoms with Crippen LogP contribution in [0.1, 0.15) is 0 Å². The van der Waals surface area contributed by atoms with Crippen LogP contribution < -0.4 is 4.73 Å². The standard InChI is InChI=1S/C8H6N2O2/c11-10-3-1-2-7(5-10)8-4-9-6-12-8/h1-6H. The molecule has 0 fully saturated rings. The molecule has 12 heavy (non-hydrogen) atoms. The van der Waals surface area contributed by atoms with Crippen LogP contribution in [0.3, 0.4) is 0 Å². The van der Waals surface area contributed by atoms with Crippen LogP contribution in [0.25, 0.3) is 11.3 Å². The zero-order valence-electron chi connectivity index (χ0n) is 6.18.